The lowest BCUT2D eigenvalue weighted by atomic mass is 10.3. The quantitative estimate of drug-likeness (QED) is 0.190. The van der Waals surface area contributed by atoms with Crippen molar-refractivity contribution in [2.45, 2.75) is 35.5 Å². The predicted octanol–water partition coefficient (Wildman–Crippen LogP) is 5.89. The van der Waals surface area contributed by atoms with Gasteiger partial charge in [-0.05, 0) is 62.8 Å². The lowest BCUT2D eigenvalue weighted by Crippen LogP contribution is -2.28. The Hall–Kier alpha value is -1.06. The fraction of sp³-hybridized carbons (Fsp3) is 0.364. The minimum absolute atomic E-state index is 0. The highest BCUT2D eigenvalue weighted by Gasteiger charge is 2.23. The van der Waals surface area contributed by atoms with E-state index >= 15 is 0 Å². The van der Waals surface area contributed by atoms with Crippen LogP contribution >= 0.6 is 69.5 Å². The molecule has 0 spiro atoms. The van der Waals surface area contributed by atoms with Crippen molar-refractivity contribution in [1.82, 2.24) is 9.62 Å². The van der Waals surface area contributed by atoms with Crippen LogP contribution in [0.4, 0.5) is 0 Å². The summed E-state index contributed by atoms with van der Waals surface area (Å²) in [7, 11) is 0.742. The predicted molar refractivity (Wildman–Crippen MR) is 161 cm³/mol. The fourth-order valence-corrected chi connectivity index (χ4v) is 6.22. The number of nitrogens with zero attached hydrogens (tertiary/aromatic N) is 1. The summed E-state index contributed by atoms with van der Waals surface area (Å²) in [6.07, 6.45) is 1.12. The number of hydrogen-bond donors (Lipinski definition) is 3. The van der Waals surface area contributed by atoms with Crippen molar-refractivity contribution in [1.29, 1.82) is 0 Å². The second-order valence-corrected chi connectivity index (χ2v) is 13.7. The van der Waals surface area contributed by atoms with Gasteiger partial charge in [-0.2, -0.15) is 0 Å². The third kappa shape index (κ3) is 16.4. The maximum atomic E-state index is 12.2. The number of carboxylic acids is 2. The van der Waals surface area contributed by atoms with Gasteiger partial charge >= 0.3 is 11.9 Å². The van der Waals surface area contributed by atoms with E-state index in [1.807, 2.05) is 7.05 Å². The van der Waals surface area contributed by atoms with Crippen LogP contribution in [0.1, 0.15) is 25.7 Å². The molecule has 0 saturated carbocycles. The van der Waals surface area contributed by atoms with Gasteiger partial charge in [-0.3, -0.25) is 9.59 Å². The van der Waals surface area contributed by atoms with Crippen molar-refractivity contribution in [2.75, 3.05) is 27.2 Å². The van der Waals surface area contributed by atoms with Crippen molar-refractivity contribution < 1.29 is 36.6 Å². The van der Waals surface area contributed by atoms with Crippen LogP contribution in [-0.2, 0) is 28.7 Å². The van der Waals surface area contributed by atoms with Crippen LogP contribution in [0.3, 0.4) is 0 Å². The standard InChI is InChI=1S/C11H13Cl2NO4S.C6H3Cl3O2S.C5H11NO2.ClH/c1-14(6-2-3-11(15)16)19(17,18)10-5-4-8(12)7-9(10)13;7-4-1-2-6(5(8)3-4)12(9,10)11;1-6-4-2-3-5(7)8;/h4-5,7H,2-3,6H2,1H3,(H,15,16);1-3H;6H,2-4H2,1H3,(H,7,8);1H. The van der Waals surface area contributed by atoms with E-state index < -0.39 is 31.0 Å². The van der Waals surface area contributed by atoms with Crippen LogP contribution in [-0.4, -0.2) is 70.5 Å². The second kappa shape index (κ2) is 20.0. The molecular weight excluding hydrogens is 697 g/mol. The Bertz CT molecular complexity index is 1330. The molecular formula is C22H28Cl6N2O8S2. The minimum Gasteiger partial charge on any atom is -0.481 e. The van der Waals surface area contributed by atoms with Crippen LogP contribution in [0.2, 0.25) is 20.1 Å². The summed E-state index contributed by atoms with van der Waals surface area (Å²) >= 11 is 22.7. The monoisotopic (exact) mass is 722 g/mol. The molecule has 2 rings (SSSR count). The summed E-state index contributed by atoms with van der Waals surface area (Å²) in [6.45, 7) is 0.889. The van der Waals surface area contributed by atoms with E-state index in [2.05, 4.69) is 5.32 Å². The molecule has 0 unspecified atom stereocenters. The Kier molecular flexibility index (Phi) is 20.5. The first-order valence-corrected chi connectivity index (χ1v) is 16.1. The zero-order valence-electron chi connectivity index (χ0n) is 21.1. The van der Waals surface area contributed by atoms with E-state index in [1.165, 1.54) is 43.4 Å². The first kappa shape index (κ1) is 41.1. The average Bonchev–Trinajstić information content (AvgIpc) is 2.78. The molecule has 2 aromatic carbocycles. The van der Waals surface area contributed by atoms with E-state index in [0.717, 1.165) is 10.8 Å². The molecule has 0 amide bonds. The average molecular weight is 725 g/mol. The Balaban J connectivity index is 0. The number of carboxylic acid groups (broad SMARTS) is 2. The van der Waals surface area contributed by atoms with Gasteiger partial charge in [0.1, 0.15) is 9.79 Å². The van der Waals surface area contributed by atoms with E-state index in [4.69, 9.17) is 67.3 Å². The maximum Gasteiger partial charge on any atom is 0.303 e. The van der Waals surface area contributed by atoms with Gasteiger partial charge in [0, 0.05) is 47.2 Å². The lowest BCUT2D eigenvalue weighted by molar-refractivity contribution is -0.138. The lowest BCUT2D eigenvalue weighted by Gasteiger charge is -2.17. The van der Waals surface area contributed by atoms with Gasteiger partial charge in [-0.15, -0.1) is 12.4 Å². The van der Waals surface area contributed by atoms with Crippen molar-refractivity contribution in [3.8, 4) is 0 Å². The topological polar surface area (TPSA) is 158 Å². The number of halogens is 6. The number of aliphatic carboxylic acids is 2. The van der Waals surface area contributed by atoms with E-state index in [-0.39, 0.29) is 58.1 Å². The molecule has 0 aliphatic carbocycles. The highest BCUT2D eigenvalue weighted by Crippen LogP contribution is 2.28. The molecule has 0 heterocycles. The van der Waals surface area contributed by atoms with Gasteiger partial charge in [-0.25, -0.2) is 21.1 Å². The summed E-state index contributed by atoms with van der Waals surface area (Å²) in [5.74, 6) is -1.68. The van der Waals surface area contributed by atoms with Crippen molar-refractivity contribution in [3.63, 3.8) is 0 Å². The first-order valence-electron chi connectivity index (χ1n) is 10.8. The van der Waals surface area contributed by atoms with Crippen LogP contribution in [0.25, 0.3) is 0 Å². The van der Waals surface area contributed by atoms with Gasteiger partial charge in [0.15, 0.2) is 0 Å². The largest absolute Gasteiger partial charge is 0.481 e. The molecule has 0 saturated heterocycles. The smallest absolute Gasteiger partial charge is 0.303 e. The molecule has 0 aromatic heterocycles. The Morgan fingerprint density at radius 2 is 1.25 bits per heavy atom. The zero-order valence-corrected chi connectivity index (χ0v) is 27.3. The summed E-state index contributed by atoms with van der Waals surface area (Å²) in [5.41, 5.74) is 0. The maximum absolute atomic E-state index is 12.2. The second-order valence-electron chi connectivity index (χ2n) is 7.51. The number of sulfonamides is 1. The summed E-state index contributed by atoms with van der Waals surface area (Å²) in [5, 5.41) is 20.3. The summed E-state index contributed by atoms with van der Waals surface area (Å²) < 4.78 is 47.1. The number of carbonyl (C=O) groups is 2. The molecule has 3 N–H and O–H groups in total. The Morgan fingerprint density at radius 1 is 0.825 bits per heavy atom. The van der Waals surface area contributed by atoms with Crippen LogP contribution in [0.15, 0.2) is 46.2 Å². The number of nitrogens with one attached hydrogen (secondary N) is 1. The summed E-state index contributed by atoms with van der Waals surface area (Å²) in [6, 6.07) is 8.09. The molecule has 10 nitrogen and oxygen atoms in total. The number of rotatable bonds is 11. The molecule has 0 bridgehead atoms. The zero-order chi connectivity index (χ0) is 30.4. The van der Waals surface area contributed by atoms with Gasteiger partial charge in [0.05, 0.1) is 10.0 Å². The summed E-state index contributed by atoms with van der Waals surface area (Å²) in [4.78, 5) is 20.1. The van der Waals surface area contributed by atoms with E-state index in [1.54, 1.807) is 0 Å². The van der Waals surface area contributed by atoms with Crippen molar-refractivity contribution in [3.05, 3.63) is 56.5 Å². The van der Waals surface area contributed by atoms with E-state index in [0.29, 0.717) is 16.5 Å². The van der Waals surface area contributed by atoms with Crippen LogP contribution in [0.5, 0.6) is 0 Å². The van der Waals surface area contributed by atoms with Gasteiger partial charge in [0.2, 0.25) is 10.0 Å². The molecule has 228 valence electrons. The number of benzene rings is 2. The normalized spacial score (nSPS) is 10.9. The molecule has 18 heteroatoms. The first-order chi connectivity index (χ1) is 17.9. The van der Waals surface area contributed by atoms with Gasteiger partial charge < -0.3 is 15.5 Å². The van der Waals surface area contributed by atoms with Gasteiger partial charge in [0.25, 0.3) is 9.05 Å². The van der Waals surface area contributed by atoms with Gasteiger partial charge in [-0.1, -0.05) is 46.4 Å². The van der Waals surface area contributed by atoms with Crippen LogP contribution in [0, 0.1) is 0 Å². The third-order valence-corrected chi connectivity index (χ3v) is 9.03. The highest BCUT2D eigenvalue weighted by atomic mass is 35.7. The fourth-order valence-electron chi connectivity index (χ4n) is 2.51. The molecule has 0 aliphatic heterocycles. The molecule has 0 aliphatic rings. The van der Waals surface area contributed by atoms with Crippen molar-refractivity contribution >= 4 is 101 Å². The molecule has 2 aromatic rings. The molecule has 0 fully saturated rings. The molecule has 40 heavy (non-hydrogen) atoms. The Morgan fingerprint density at radius 3 is 1.62 bits per heavy atom. The number of hydrogen-bond acceptors (Lipinski definition) is 7. The van der Waals surface area contributed by atoms with E-state index in [9.17, 15) is 26.4 Å². The highest BCUT2D eigenvalue weighted by molar-refractivity contribution is 8.13. The van der Waals surface area contributed by atoms with Crippen LogP contribution < -0.4 is 5.32 Å². The minimum atomic E-state index is -3.77. The SMILES string of the molecule is CN(CCCC(=O)O)S(=O)(=O)c1ccc(Cl)cc1Cl.CNCCCC(=O)O.Cl.O=S(=O)(Cl)c1ccc(Cl)cc1Cl. The molecule has 0 atom stereocenters. The van der Waals surface area contributed by atoms with Crippen molar-refractivity contribution in [2.24, 2.45) is 0 Å². The molecule has 0 radical (unpaired) electrons. The third-order valence-electron chi connectivity index (χ3n) is 4.42. The Labute approximate surface area is 264 Å².